The van der Waals surface area contributed by atoms with Crippen LogP contribution in [0.3, 0.4) is 0 Å². The Balaban J connectivity index is 1.78. The van der Waals surface area contributed by atoms with E-state index in [2.05, 4.69) is 4.98 Å². The predicted octanol–water partition coefficient (Wildman–Crippen LogP) is 6.07. The van der Waals surface area contributed by atoms with Gasteiger partial charge in [-0.2, -0.15) is 0 Å². The monoisotopic (exact) mass is 458 g/mol. The molecule has 4 aromatic rings. The van der Waals surface area contributed by atoms with Crippen LogP contribution in [0.1, 0.15) is 17.0 Å². The van der Waals surface area contributed by atoms with Crippen molar-refractivity contribution < 1.29 is 12.8 Å². The fourth-order valence-corrected chi connectivity index (χ4v) is 5.90. The van der Waals surface area contributed by atoms with Crippen molar-refractivity contribution in [2.24, 2.45) is 0 Å². The highest BCUT2D eigenvalue weighted by molar-refractivity contribution is 7.94. The van der Waals surface area contributed by atoms with Crippen molar-refractivity contribution in [3.05, 3.63) is 88.1 Å². The summed E-state index contributed by atoms with van der Waals surface area (Å²) in [6, 6.07) is 17.9. The van der Waals surface area contributed by atoms with Crippen molar-refractivity contribution in [1.29, 1.82) is 0 Å². The quantitative estimate of drug-likeness (QED) is 0.352. The fourth-order valence-electron chi connectivity index (χ4n) is 3.12. The van der Waals surface area contributed by atoms with Crippen LogP contribution < -0.4 is 4.31 Å². The van der Waals surface area contributed by atoms with Crippen LogP contribution in [0.2, 0.25) is 5.02 Å². The molecule has 0 atom stereocenters. The summed E-state index contributed by atoms with van der Waals surface area (Å²) in [4.78, 5) is 4.58. The van der Waals surface area contributed by atoms with E-state index in [-0.39, 0.29) is 10.8 Å². The number of hydrogen-bond acceptors (Lipinski definition) is 5. The summed E-state index contributed by atoms with van der Waals surface area (Å²) in [5, 5.41) is 2.33. The van der Waals surface area contributed by atoms with Crippen molar-refractivity contribution in [2.45, 2.75) is 24.6 Å². The minimum absolute atomic E-state index is 0.0565. The van der Waals surface area contributed by atoms with Gasteiger partial charge < -0.3 is 4.42 Å². The molecule has 0 saturated carbocycles. The second kappa shape index (κ2) is 8.26. The molecule has 0 unspecified atom stereocenters. The third kappa shape index (κ3) is 4.01. The molecule has 0 bridgehead atoms. The molecule has 4 rings (SSSR count). The topological polar surface area (TPSA) is 63.4 Å². The molecule has 154 valence electrons. The van der Waals surface area contributed by atoms with E-state index < -0.39 is 10.0 Å². The molecule has 8 heteroatoms. The Morgan fingerprint density at radius 3 is 2.57 bits per heavy atom. The first kappa shape index (κ1) is 20.7. The number of nitrogens with zero attached hydrogens (tertiary/aromatic N) is 2. The predicted molar refractivity (Wildman–Crippen MR) is 121 cm³/mol. The molecule has 0 spiro atoms. The number of anilines is 1. The lowest BCUT2D eigenvalue weighted by Gasteiger charge is -2.24. The lowest BCUT2D eigenvalue weighted by molar-refractivity contribution is 0.539. The van der Waals surface area contributed by atoms with Gasteiger partial charge in [0, 0.05) is 10.6 Å². The highest BCUT2D eigenvalue weighted by Crippen LogP contribution is 2.32. The van der Waals surface area contributed by atoms with Crippen LogP contribution in [0.15, 0.2) is 74.7 Å². The van der Waals surface area contributed by atoms with Crippen molar-refractivity contribution in [2.75, 3.05) is 4.31 Å². The van der Waals surface area contributed by atoms with Gasteiger partial charge in [0.1, 0.15) is 15.7 Å². The van der Waals surface area contributed by atoms with Crippen LogP contribution in [0.4, 0.5) is 5.69 Å². The van der Waals surface area contributed by atoms with Gasteiger partial charge in [0.25, 0.3) is 10.0 Å². The van der Waals surface area contributed by atoms with Gasteiger partial charge in [0.15, 0.2) is 0 Å². The second-order valence-electron chi connectivity index (χ2n) is 6.76. The van der Waals surface area contributed by atoms with Crippen molar-refractivity contribution in [3.63, 3.8) is 0 Å². The first-order valence-electron chi connectivity index (χ1n) is 9.20. The summed E-state index contributed by atoms with van der Waals surface area (Å²) < 4.78 is 34.4. The number of thiophene rings is 1. The average Bonchev–Trinajstić information content (AvgIpc) is 3.37. The van der Waals surface area contributed by atoms with Crippen LogP contribution >= 0.6 is 22.9 Å². The molecular formula is C22H19ClN2O3S2. The number of rotatable bonds is 6. The second-order valence-corrected chi connectivity index (χ2v) is 10.2. The summed E-state index contributed by atoms with van der Waals surface area (Å²) in [6.45, 7) is 3.73. The zero-order valence-corrected chi connectivity index (χ0v) is 18.8. The molecule has 0 saturated heterocycles. The number of para-hydroxylation sites is 1. The standard InChI is InChI=1S/C22H19ClN2O3S2/c1-15-7-3-4-10-20(15)25(30(26,27)21-11-6-12-29-21)14-19-16(2)28-22(24-19)17-8-5-9-18(23)13-17/h3-13H,14H2,1-2H3. The van der Waals surface area contributed by atoms with Crippen LogP contribution in [0.5, 0.6) is 0 Å². The van der Waals surface area contributed by atoms with Crippen LogP contribution in [-0.4, -0.2) is 13.4 Å². The van der Waals surface area contributed by atoms with Crippen molar-refractivity contribution in [1.82, 2.24) is 4.98 Å². The van der Waals surface area contributed by atoms with E-state index in [1.807, 2.05) is 37.3 Å². The number of halogens is 1. The normalized spacial score (nSPS) is 11.6. The zero-order valence-electron chi connectivity index (χ0n) is 16.4. The van der Waals surface area contributed by atoms with Gasteiger partial charge in [-0.25, -0.2) is 13.4 Å². The Morgan fingerprint density at radius 2 is 1.87 bits per heavy atom. The molecule has 0 radical (unpaired) electrons. The fraction of sp³-hybridized carbons (Fsp3) is 0.136. The zero-order chi connectivity index (χ0) is 21.3. The number of benzene rings is 2. The third-order valence-corrected chi connectivity index (χ3v) is 8.05. The number of oxazole rings is 1. The third-order valence-electron chi connectivity index (χ3n) is 4.68. The van der Waals surface area contributed by atoms with Crippen LogP contribution in [-0.2, 0) is 16.6 Å². The van der Waals surface area contributed by atoms with Gasteiger partial charge in [-0.15, -0.1) is 11.3 Å². The Bertz CT molecular complexity index is 1280. The Morgan fingerprint density at radius 1 is 1.07 bits per heavy atom. The molecule has 30 heavy (non-hydrogen) atoms. The first-order chi connectivity index (χ1) is 14.4. The van der Waals surface area contributed by atoms with E-state index in [1.165, 1.54) is 15.6 Å². The van der Waals surface area contributed by atoms with E-state index in [0.29, 0.717) is 28.1 Å². The Labute approximate surface area is 184 Å². The maximum atomic E-state index is 13.4. The molecular weight excluding hydrogens is 440 g/mol. The summed E-state index contributed by atoms with van der Waals surface area (Å²) in [5.74, 6) is 0.966. The molecule has 0 amide bonds. The van der Waals surface area contributed by atoms with Crippen molar-refractivity contribution in [3.8, 4) is 11.5 Å². The molecule has 0 aliphatic carbocycles. The molecule has 5 nitrogen and oxygen atoms in total. The highest BCUT2D eigenvalue weighted by atomic mass is 35.5. The minimum atomic E-state index is -3.76. The molecule has 2 aromatic heterocycles. The molecule has 0 aliphatic heterocycles. The summed E-state index contributed by atoms with van der Waals surface area (Å²) in [7, 11) is -3.76. The van der Waals surface area contributed by atoms with E-state index in [9.17, 15) is 8.42 Å². The van der Waals surface area contributed by atoms with E-state index >= 15 is 0 Å². The number of sulfonamides is 1. The lowest BCUT2D eigenvalue weighted by Crippen LogP contribution is -2.31. The van der Waals surface area contributed by atoms with Gasteiger partial charge in [0.2, 0.25) is 5.89 Å². The Hall–Kier alpha value is -2.61. The van der Waals surface area contributed by atoms with Gasteiger partial charge in [-0.05, 0) is 55.1 Å². The van der Waals surface area contributed by atoms with Gasteiger partial charge >= 0.3 is 0 Å². The van der Waals surface area contributed by atoms with Gasteiger partial charge in [0.05, 0.1) is 12.2 Å². The minimum Gasteiger partial charge on any atom is -0.441 e. The molecule has 2 aromatic carbocycles. The van der Waals surface area contributed by atoms with E-state index in [0.717, 1.165) is 11.1 Å². The molecule has 0 aliphatic rings. The van der Waals surface area contributed by atoms with Gasteiger partial charge in [-0.1, -0.05) is 41.9 Å². The van der Waals surface area contributed by atoms with E-state index in [4.69, 9.17) is 16.0 Å². The average molecular weight is 459 g/mol. The Kier molecular flexibility index (Phi) is 5.69. The molecule has 2 heterocycles. The summed E-state index contributed by atoms with van der Waals surface area (Å²) in [6.07, 6.45) is 0. The van der Waals surface area contributed by atoms with Crippen LogP contribution in [0, 0.1) is 13.8 Å². The number of hydrogen-bond donors (Lipinski definition) is 0. The summed E-state index contributed by atoms with van der Waals surface area (Å²) >= 11 is 7.27. The maximum Gasteiger partial charge on any atom is 0.274 e. The van der Waals surface area contributed by atoms with Gasteiger partial charge in [-0.3, -0.25) is 4.31 Å². The van der Waals surface area contributed by atoms with Crippen molar-refractivity contribution >= 4 is 38.6 Å². The smallest absolute Gasteiger partial charge is 0.274 e. The van der Waals surface area contributed by atoms with E-state index in [1.54, 1.807) is 42.6 Å². The van der Waals surface area contributed by atoms with Crippen LogP contribution in [0.25, 0.3) is 11.5 Å². The SMILES string of the molecule is Cc1ccccc1N(Cc1nc(-c2cccc(Cl)c2)oc1C)S(=O)(=O)c1cccs1. The highest BCUT2D eigenvalue weighted by Gasteiger charge is 2.29. The number of aryl methyl sites for hydroxylation is 2. The molecule has 0 N–H and O–H groups in total. The largest absolute Gasteiger partial charge is 0.441 e. The first-order valence-corrected chi connectivity index (χ1v) is 11.9. The molecule has 0 fully saturated rings. The maximum absolute atomic E-state index is 13.4. The summed E-state index contributed by atoms with van der Waals surface area (Å²) in [5.41, 5.74) is 2.75. The lowest BCUT2D eigenvalue weighted by atomic mass is 10.2. The number of aromatic nitrogens is 1.